The lowest BCUT2D eigenvalue weighted by molar-refractivity contribution is 0.113. The number of thiophene rings is 1. The predicted octanol–water partition coefficient (Wildman–Crippen LogP) is 4.79. The lowest BCUT2D eigenvalue weighted by Gasteiger charge is -2.44. The largest absolute Gasteiger partial charge is 0.493 e. The molecule has 2 aromatic rings. The van der Waals surface area contributed by atoms with E-state index in [1.165, 1.54) is 22.5 Å². The molecule has 0 amide bonds. The maximum absolute atomic E-state index is 14.1. The number of nitrogens with zero attached hydrogens (tertiary/aromatic N) is 1. The third kappa shape index (κ3) is 5.26. The Bertz CT molecular complexity index is 1080. The minimum absolute atomic E-state index is 0.0884. The zero-order chi connectivity index (χ0) is 24.3. The van der Waals surface area contributed by atoms with E-state index in [9.17, 15) is 8.42 Å². The van der Waals surface area contributed by atoms with Crippen LogP contribution in [0, 0.1) is 5.92 Å². The molecule has 4 rings (SSSR count). The first-order valence-electron chi connectivity index (χ1n) is 12.1. The predicted molar refractivity (Wildman–Crippen MR) is 138 cm³/mol. The summed E-state index contributed by atoms with van der Waals surface area (Å²) in [6, 6.07) is 7.66. The molecular weight excluding hydrogens is 492 g/mol. The quantitative estimate of drug-likeness (QED) is 0.507. The molecule has 2 atom stereocenters. The number of aryl methyl sites for hydroxylation is 1. The molecule has 1 aliphatic heterocycles. The third-order valence-electron chi connectivity index (χ3n) is 7.12. The molecule has 0 bridgehead atoms. The number of halogens is 1. The molecule has 1 aromatic carbocycles. The van der Waals surface area contributed by atoms with Crippen LogP contribution in [0.4, 0.5) is 0 Å². The molecule has 1 saturated heterocycles. The minimum atomic E-state index is -3.56. The van der Waals surface area contributed by atoms with Gasteiger partial charge in [-0.1, -0.05) is 18.5 Å². The van der Waals surface area contributed by atoms with Crippen LogP contribution in [0.2, 0.25) is 4.34 Å². The summed E-state index contributed by atoms with van der Waals surface area (Å²) in [5.74, 6) is 1.56. The number of fused-ring (bicyclic) bond motifs is 1. The second-order valence-corrected chi connectivity index (χ2v) is 13.2. The van der Waals surface area contributed by atoms with Crippen LogP contribution in [0.15, 0.2) is 28.5 Å². The van der Waals surface area contributed by atoms with Gasteiger partial charge in [0.2, 0.25) is 9.84 Å². The number of benzene rings is 1. The fourth-order valence-corrected chi connectivity index (χ4v) is 9.38. The highest BCUT2D eigenvalue weighted by atomic mass is 35.5. The number of methoxy groups -OCH3 is 2. The molecule has 1 aliphatic carbocycles. The van der Waals surface area contributed by atoms with Crippen molar-refractivity contribution in [2.24, 2.45) is 5.92 Å². The Kier molecular flexibility index (Phi) is 8.46. The summed E-state index contributed by atoms with van der Waals surface area (Å²) in [5, 5.41) is 2.85. The smallest absolute Gasteiger partial charge is 0.204 e. The Balaban J connectivity index is 1.71. The highest BCUT2D eigenvalue weighted by Crippen LogP contribution is 2.39. The van der Waals surface area contributed by atoms with Gasteiger partial charge in [-0.2, -0.15) is 0 Å². The normalized spacial score (nSPS) is 20.2. The zero-order valence-corrected chi connectivity index (χ0v) is 22.6. The first-order chi connectivity index (χ1) is 16.4. The standard InChI is InChI=1S/C25H35ClN2O4S2/c1-4-13-28(20-6-5-18-15-21(31-2)22(32-3)16-19(18)14-20)25(17-9-11-27-12-10-17)34(29,30)24-8-7-23(26)33-24/h7-8,15-17,20,25,27H,4-6,9-14H2,1-3H3. The molecular formula is C25H35ClN2O4S2. The van der Waals surface area contributed by atoms with Gasteiger partial charge in [0, 0.05) is 6.04 Å². The van der Waals surface area contributed by atoms with Crippen LogP contribution >= 0.6 is 22.9 Å². The molecule has 0 saturated carbocycles. The number of hydrogen-bond donors (Lipinski definition) is 1. The molecule has 6 nitrogen and oxygen atoms in total. The number of hydrogen-bond acceptors (Lipinski definition) is 7. The van der Waals surface area contributed by atoms with E-state index >= 15 is 0 Å². The monoisotopic (exact) mass is 526 g/mol. The summed E-state index contributed by atoms with van der Waals surface area (Å²) in [6.07, 6.45) is 5.24. The Morgan fingerprint density at radius 3 is 2.38 bits per heavy atom. The van der Waals surface area contributed by atoms with Gasteiger partial charge in [0.1, 0.15) is 9.58 Å². The van der Waals surface area contributed by atoms with Gasteiger partial charge in [0.25, 0.3) is 0 Å². The second-order valence-electron chi connectivity index (χ2n) is 9.19. The van der Waals surface area contributed by atoms with Crippen LogP contribution < -0.4 is 14.8 Å². The summed E-state index contributed by atoms with van der Waals surface area (Å²) >= 11 is 7.34. The average Bonchev–Trinajstić information content (AvgIpc) is 3.30. The van der Waals surface area contributed by atoms with E-state index in [1.54, 1.807) is 26.4 Å². The fraction of sp³-hybridized carbons (Fsp3) is 0.600. The molecule has 2 unspecified atom stereocenters. The summed E-state index contributed by atoms with van der Waals surface area (Å²) in [6.45, 7) is 4.59. The highest BCUT2D eigenvalue weighted by Gasteiger charge is 2.43. The summed E-state index contributed by atoms with van der Waals surface area (Å²) in [4.78, 5) is 2.30. The molecule has 1 aromatic heterocycles. The van der Waals surface area contributed by atoms with Crippen molar-refractivity contribution in [2.75, 3.05) is 33.9 Å². The van der Waals surface area contributed by atoms with Gasteiger partial charge in [-0.25, -0.2) is 8.42 Å². The van der Waals surface area contributed by atoms with Crippen molar-refractivity contribution in [1.82, 2.24) is 10.2 Å². The van der Waals surface area contributed by atoms with E-state index in [0.29, 0.717) is 8.55 Å². The Labute approximate surface area is 212 Å². The van der Waals surface area contributed by atoms with Gasteiger partial charge in [0.05, 0.1) is 18.6 Å². The van der Waals surface area contributed by atoms with Gasteiger partial charge in [0.15, 0.2) is 11.5 Å². The maximum atomic E-state index is 14.1. The van der Waals surface area contributed by atoms with Gasteiger partial charge < -0.3 is 14.8 Å². The number of piperidine rings is 1. The highest BCUT2D eigenvalue weighted by molar-refractivity contribution is 7.94. The van der Waals surface area contributed by atoms with Crippen molar-refractivity contribution in [3.05, 3.63) is 39.7 Å². The molecule has 0 radical (unpaired) electrons. The molecule has 2 heterocycles. The lowest BCUT2D eigenvalue weighted by atomic mass is 9.86. The van der Waals surface area contributed by atoms with Gasteiger partial charge in [-0.05, 0) is 99.5 Å². The first-order valence-corrected chi connectivity index (χ1v) is 14.8. The molecule has 1 N–H and O–H groups in total. The van der Waals surface area contributed by atoms with Crippen LogP contribution in [-0.2, 0) is 22.7 Å². The van der Waals surface area contributed by atoms with Crippen molar-refractivity contribution >= 4 is 32.8 Å². The van der Waals surface area contributed by atoms with Gasteiger partial charge in [-0.3, -0.25) is 4.90 Å². The maximum Gasteiger partial charge on any atom is 0.204 e. The van der Waals surface area contributed by atoms with E-state index in [2.05, 4.69) is 29.3 Å². The van der Waals surface area contributed by atoms with Crippen LogP contribution in [0.25, 0.3) is 0 Å². The number of sulfone groups is 1. The van der Waals surface area contributed by atoms with Gasteiger partial charge in [-0.15, -0.1) is 11.3 Å². The summed E-state index contributed by atoms with van der Waals surface area (Å²) in [5.41, 5.74) is 2.48. The minimum Gasteiger partial charge on any atom is -0.493 e. The number of nitrogens with one attached hydrogen (secondary N) is 1. The molecule has 1 fully saturated rings. The van der Waals surface area contributed by atoms with Crippen molar-refractivity contribution in [1.29, 1.82) is 0 Å². The molecule has 2 aliphatic rings. The van der Waals surface area contributed by atoms with Gasteiger partial charge >= 0.3 is 0 Å². The molecule has 188 valence electrons. The summed E-state index contributed by atoms with van der Waals surface area (Å²) in [7, 11) is -0.254. The van der Waals surface area contributed by atoms with Crippen molar-refractivity contribution in [3.8, 4) is 11.5 Å². The Hall–Kier alpha value is -1.32. The van der Waals surface area contributed by atoms with Crippen LogP contribution in [0.5, 0.6) is 11.5 Å². The Morgan fingerprint density at radius 2 is 1.79 bits per heavy atom. The van der Waals surface area contributed by atoms with Crippen LogP contribution in [0.1, 0.15) is 43.7 Å². The SMILES string of the molecule is CCCN(C1CCc2cc(OC)c(OC)cc2C1)C(C1CCNCC1)S(=O)(=O)c1ccc(Cl)s1. The van der Waals surface area contributed by atoms with Crippen molar-refractivity contribution < 1.29 is 17.9 Å². The Morgan fingerprint density at radius 1 is 1.12 bits per heavy atom. The second kappa shape index (κ2) is 11.2. The van der Waals surface area contributed by atoms with E-state index in [-0.39, 0.29) is 12.0 Å². The van der Waals surface area contributed by atoms with Crippen LogP contribution in [-0.4, -0.2) is 58.6 Å². The first kappa shape index (κ1) is 25.8. The van der Waals surface area contributed by atoms with E-state index in [1.807, 2.05) is 0 Å². The number of ether oxygens (including phenoxy) is 2. The summed E-state index contributed by atoms with van der Waals surface area (Å²) < 4.78 is 40.1. The average molecular weight is 527 g/mol. The van der Waals surface area contributed by atoms with E-state index in [4.69, 9.17) is 21.1 Å². The zero-order valence-electron chi connectivity index (χ0n) is 20.2. The number of rotatable bonds is 9. The third-order valence-corrected chi connectivity index (χ3v) is 11.1. The molecule has 9 heteroatoms. The van der Waals surface area contributed by atoms with Crippen molar-refractivity contribution in [3.63, 3.8) is 0 Å². The van der Waals surface area contributed by atoms with Crippen LogP contribution in [0.3, 0.4) is 0 Å². The fourth-order valence-electron chi connectivity index (χ4n) is 5.52. The van der Waals surface area contributed by atoms with Crippen molar-refractivity contribution in [2.45, 2.75) is 61.1 Å². The van der Waals surface area contributed by atoms with E-state index in [0.717, 1.165) is 69.7 Å². The molecule has 0 spiro atoms. The molecule has 34 heavy (non-hydrogen) atoms. The topological polar surface area (TPSA) is 67.9 Å². The lowest BCUT2D eigenvalue weighted by Crippen LogP contribution is -2.54. The van der Waals surface area contributed by atoms with E-state index < -0.39 is 15.2 Å².